The maximum absolute atomic E-state index is 12.5. The molecule has 1 heterocycles. The first-order valence-electron chi connectivity index (χ1n) is 7.84. The summed E-state index contributed by atoms with van der Waals surface area (Å²) in [4.78, 5) is 26.3. The Kier molecular flexibility index (Phi) is 5.06. The Morgan fingerprint density at radius 2 is 2.14 bits per heavy atom. The number of hydrogen-bond donors (Lipinski definition) is 1. The summed E-state index contributed by atoms with van der Waals surface area (Å²) in [5.41, 5.74) is 1.70. The average molecular weight is 304 g/mol. The Hall–Kier alpha value is -2.04. The molecule has 120 valence electrons. The predicted molar refractivity (Wildman–Crippen MR) is 86.1 cm³/mol. The zero-order valence-electron chi connectivity index (χ0n) is 13.7. The molecule has 2 rings (SSSR count). The molecule has 0 saturated heterocycles. The van der Waals surface area contributed by atoms with Crippen molar-refractivity contribution in [2.45, 2.75) is 52.7 Å². The number of ether oxygens (including phenoxy) is 1. The number of nitrogens with zero attached hydrogens (tertiary/aromatic N) is 1. The molecule has 22 heavy (non-hydrogen) atoms. The first-order valence-corrected chi connectivity index (χ1v) is 7.84. The molecule has 0 spiro atoms. The molecule has 0 bridgehead atoms. The molecule has 5 nitrogen and oxygen atoms in total. The van der Waals surface area contributed by atoms with Gasteiger partial charge in [-0.1, -0.05) is 19.9 Å². The maximum atomic E-state index is 12.5. The topological polar surface area (TPSA) is 58.6 Å². The number of carbonyl (C=O) groups excluding carboxylic acids is 2. The van der Waals surface area contributed by atoms with Crippen molar-refractivity contribution in [1.29, 1.82) is 0 Å². The van der Waals surface area contributed by atoms with Crippen LogP contribution in [0, 0.1) is 6.92 Å². The van der Waals surface area contributed by atoms with Gasteiger partial charge < -0.3 is 10.1 Å². The van der Waals surface area contributed by atoms with Gasteiger partial charge in [0.15, 0.2) is 6.10 Å². The molecule has 0 aromatic heterocycles. The van der Waals surface area contributed by atoms with E-state index in [-0.39, 0.29) is 24.4 Å². The summed E-state index contributed by atoms with van der Waals surface area (Å²) in [6, 6.07) is 5.79. The highest BCUT2D eigenvalue weighted by atomic mass is 16.5. The Morgan fingerprint density at radius 1 is 1.41 bits per heavy atom. The molecule has 1 aromatic carbocycles. The van der Waals surface area contributed by atoms with Crippen LogP contribution in [0.4, 0.5) is 5.69 Å². The minimum Gasteiger partial charge on any atom is -0.478 e. The second-order valence-corrected chi connectivity index (χ2v) is 5.79. The van der Waals surface area contributed by atoms with Crippen LogP contribution >= 0.6 is 0 Å². The Balaban J connectivity index is 2.26. The summed E-state index contributed by atoms with van der Waals surface area (Å²) < 4.78 is 5.74. The number of anilines is 1. The monoisotopic (exact) mass is 304 g/mol. The SMILES string of the molecule is CC[C@H](C)NC(=O)CN1C(=O)[C@@H](CC)Oc2ccc(C)cc21. The van der Waals surface area contributed by atoms with Gasteiger partial charge >= 0.3 is 0 Å². The lowest BCUT2D eigenvalue weighted by molar-refractivity contribution is -0.129. The Bertz CT molecular complexity index is 571. The molecule has 0 aliphatic carbocycles. The number of aryl methyl sites for hydroxylation is 1. The van der Waals surface area contributed by atoms with Gasteiger partial charge in [-0.25, -0.2) is 0 Å². The lowest BCUT2D eigenvalue weighted by atomic mass is 10.1. The van der Waals surface area contributed by atoms with Crippen LogP contribution in [0.5, 0.6) is 5.75 Å². The molecule has 1 aliphatic rings. The van der Waals surface area contributed by atoms with Gasteiger partial charge in [-0.2, -0.15) is 0 Å². The normalized spacial score (nSPS) is 18.5. The third-order valence-corrected chi connectivity index (χ3v) is 3.91. The van der Waals surface area contributed by atoms with Crippen LogP contribution in [-0.2, 0) is 9.59 Å². The minimum atomic E-state index is -0.522. The van der Waals surface area contributed by atoms with Crippen LogP contribution in [0.2, 0.25) is 0 Å². The van der Waals surface area contributed by atoms with Crippen molar-refractivity contribution in [3.8, 4) is 5.75 Å². The third kappa shape index (κ3) is 3.40. The van der Waals surface area contributed by atoms with E-state index in [1.54, 1.807) is 0 Å². The summed E-state index contributed by atoms with van der Waals surface area (Å²) in [7, 11) is 0. The van der Waals surface area contributed by atoms with E-state index in [0.717, 1.165) is 12.0 Å². The van der Waals surface area contributed by atoms with E-state index in [0.29, 0.717) is 17.9 Å². The fraction of sp³-hybridized carbons (Fsp3) is 0.529. The molecule has 2 amide bonds. The lowest BCUT2D eigenvalue weighted by Crippen LogP contribution is -2.50. The molecule has 0 radical (unpaired) electrons. The number of carbonyl (C=O) groups is 2. The number of nitrogens with one attached hydrogen (secondary N) is 1. The Labute approximate surface area is 131 Å². The van der Waals surface area contributed by atoms with E-state index < -0.39 is 6.10 Å². The average Bonchev–Trinajstić information content (AvgIpc) is 2.50. The molecule has 0 saturated carbocycles. The zero-order chi connectivity index (χ0) is 16.3. The van der Waals surface area contributed by atoms with Crippen LogP contribution in [-0.4, -0.2) is 30.5 Å². The van der Waals surface area contributed by atoms with E-state index in [1.165, 1.54) is 4.90 Å². The van der Waals surface area contributed by atoms with E-state index >= 15 is 0 Å². The zero-order valence-corrected chi connectivity index (χ0v) is 13.7. The summed E-state index contributed by atoms with van der Waals surface area (Å²) in [5.74, 6) is 0.361. The van der Waals surface area contributed by atoms with E-state index in [4.69, 9.17) is 4.74 Å². The van der Waals surface area contributed by atoms with Crippen molar-refractivity contribution in [3.05, 3.63) is 23.8 Å². The predicted octanol–water partition coefficient (Wildman–Crippen LogP) is 2.41. The highest BCUT2D eigenvalue weighted by Crippen LogP contribution is 2.35. The highest BCUT2D eigenvalue weighted by molar-refractivity contribution is 6.03. The van der Waals surface area contributed by atoms with E-state index in [1.807, 2.05) is 45.9 Å². The smallest absolute Gasteiger partial charge is 0.268 e. The number of rotatable bonds is 5. The fourth-order valence-electron chi connectivity index (χ4n) is 2.42. The second kappa shape index (κ2) is 6.81. The molecule has 1 N–H and O–H groups in total. The van der Waals surface area contributed by atoms with Gasteiger partial charge in [-0.3, -0.25) is 14.5 Å². The maximum Gasteiger partial charge on any atom is 0.268 e. The summed E-state index contributed by atoms with van der Waals surface area (Å²) in [5, 5.41) is 2.90. The minimum absolute atomic E-state index is 0.0273. The second-order valence-electron chi connectivity index (χ2n) is 5.79. The molecule has 2 atom stereocenters. The molecule has 0 fully saturated rings. The van der Waals surface area contributed by atoms with Gasteiger partial charge in [-0.15, -0.1) is 0 Å². The lowest BCUT2D eigenvalue weighted by Gasteiger charge is -2.34. The van der Waals surface area contributed by atoms with Gasteiger partial charge in [-0.05, 0) is 44.4 Å². The van der Waals surface area contributed by atoms with Gasteiger partial charge in [0.25, 0.3) is 5.91 Å². The molecule has 0 unspecified atom stereocenters. The molecule has 5 heteroatoms. The number of hydrogen-bond acceptors (Lipinski definition) is 3. The van der Waals surface area contributed by atoms with Crippen LogP contribution in [0.25, 0.3) is 0 Å². The summed E-state index contributed by atoms with van der Waals surface area (Å²) in [6.07, 6.45) is 0.915. The first kappa shape index (κ1) is 16.3. The van der Waals surface area contributed by atoms with Crippen LogP contribution in [0.15, 0.2) is 18.2 Å². The fourth-order valence-corrected chi connectivity index (χ4v) is 2.42. The molecule has 1 aromatic rings. The molecular formula is C17H24N2O3. The van der Waals surface area contributed by atoms with Gasteiger partial charge in [0, 0.05) is 6.04 Å². The van der Waals surface area contributed by atoms with E-state index in [2.05, 4.69) is 5.32 Å². The van der Waals surface area contributed by atoms with Crippen LogP contribution in [0.1, 0.15) is 39.2 Å². The summed E-state index contributed by atoms with van der Waals surface area (Å²) in [6.45, 7) is 7.84. The number of benzene rings is 1. The van der Waals surface area contributed by atoms with Crippen molar-refractivity contribution in [3.63, 3.8) is 0 Å². The Morgan fingerprint density at radius 3 is 2.77 bits per heavy atom. The molecular weight excluding hydrogens is 280 g/mol. The van der Waals surface area contributed by atoms with Crippen molar-refractivity contribution >= 4 is 17.5 Å². The summed E-state index contributed by atoms with van der Waals surface area (Å²) >= 11 is 0. The third-order valence-electron chi connectivity index (χ3n) is 3.91. The van der Waals surface area contributed by atoms with Crippen LogP contribution in [0.3, 0.4) is 0 Å². The highest BCUT2D eigenvalue weighted by Gasteiger charge is 2.34. The van der Waals surface area contributed by atoms with Crippen molar-refractivity contribution in [1.82, 2.24) is 5.32 Å². The number of amides is 2. The van der Waals surface area contributed by atoms with Gasteiger partial charge in [0.05, 0.1) is 5.69 Å². The van der Waals surface area contributed by atoms with Gasteiger partial charge in [0.2, 0.25) is 5.91 Å². The first-order chi connectivity index (χ1) is 10.5. The molecule has 1 aliphatic heterocycles. The standard InChI is InChI=1S/C17H24N2O3/c1-5-12(4)18-16(20)10-19-13-9-11(3)7-8-15(13)22-14(6-2)17(19)21/h7-9,12,14H,5-6,10H2,1-4H3,(H,18,20)/t12-,14+/m0/s1. The van der Waals surface area contributed by atoms with Crippen molar-refractivity contribution in [2.75, 3.05) is 11.4 Å². The quantitative estimate of drug-likeness (QED) is 0.909. The van der Waals surface area contributed by atoms with Crippen LogP contribution < -0.4 is 15.0 Å². The largest absolute Gasteiger partial charge is 0.478 e. The van der Waals surface area contributed by atoms with Crippen molar-refractivity contribution in [2.24, 2.45) is 0 Å². The number of fused-ring (bicyclic) bond motifs is 1. The van der Waals surface area contributed by atoms with E-state index in [9.17, 15) is 9.59 Å². The van der Waals surface area contributed by atoms with Gasteiger partial charge in [0.1, 0.15) is 12.3 Å². The van der Waals surface area contributed by atoms with Crippen molar-refractivity contribution < 1.29 is 14.3 Å².